The second kappa shape index (κ2) is 5.50. The summed E-state index contributed by atoms with van der Waals surface area (Å²) in [7, 11) is 1.72. The summed E-state index contributed by atoms with van der Waals surface area (Å²) in [6.07, 6.45) is 5.04. The molecule has 0 amide bonds. The van der Waals surface area contributed by atoms with Crippen LogP contribution in [0.25, 0.3) is 0 Å². The lowest BCUT2D eigenvalue weighted by molar-refractivity contribution is 0.230. The van der Waals surface area contributed by atoms with Gasteiger partial charge in [0.1, 0.15) is 11.5 Å². The van der Waals surface area contributed by atoms with Crippen molar-refractivity contribution < 1.29 is 9.47 Å². The summed E-state index contributed by atoms with van der Waals surface area (Å²) in [5.41, 5.74) is 1.26. The van der Waals surface area contributed by atoms with Gasteiger partial charge < -0.3 is 14.8 Å². The van der Waals surface area contributed by atoms with Crippen LogP contribution in [0.2, 0.25) is 0 Å². The Balaban J connectivity index is 1.54. The van der Waals surface area contributed by atoms with E-state index in [1.54, 1.807) is 7.11 Å². The highest BCUT2D eigenvalue weighted by Gasteiger charge is 2.38. The predicted molar refractivity (Wildman–Crippen MR) is 82.0 cm³/mol. The Morgan fingerprint density at radius 1 is 1.24 bits per heavy atom. The van der Waals surface area contributed by atoms with Crippen LogP contribution in [0, 0.1) is 0 Å². The topological polar surface area (TPSA) is 33.7 Å². The summed E-state index contributed by atoms with van der Waals surface area (Å²) in [4.78, 5) is 2.66. The smallest absolute Gasteiger partial charge is 0.124 e. The van der Waals surface area contributed by atoms with E-state index in [1.165, 1.54) is 37.9 Å². The fourth-order valence-corrected chi connectivity index (χ4v) is 4.21. The third-order valence-electron chi connectivity index (χ3n) is 5.28. The molecule has 0 saturated carbocycles. The number of methoxy groups -OCH3 is 1. The zero-order valence-corrected chi connectivity index (χ0v) is 12.7. The Morgan fingerprint density at radius 3 is 3.10 bits per heavy atom. The summed E-state index contributed by atoms with van der Waals surface area (Å²) >= 11 is 0. The highest BCUT2D eigenvalue weighted by atomic mass is 16.5. The van der Waals surface area contributed by atoms with Gasteiger partial charge in [-0.1, -0.05) is 0 Å². The van der Waals surface area contributed by atoms with E-state index in [4.69, 9.17) is 9.47 Å². The van der Waals surface area contributed by atoms with Crippen molar-refractivity contribution in [3.63, 3.8) is 0 Å². The monoisotopic (exact) mass is 288 g/mol. The van der Waals surface area contributed by atoms with Crippen LogP contribution in [-0.4, -0.2) is 43.8 Å². The molecule has 0 bridgehead atoms. The van der Waals surface area contributed by atoms with E-state index < -0.39 is 0 Å². The molecule has 3 heterocycles. The maximum Gasteiger partial charge on any atom is 0.124 e. The molecule has 0 radical (unpaired) electrons. The standard InChI is InChI=1S/C17H24N2O2/c1-20-12-4-5-17-13(11-12)14(7-10-21-17)18-15-6-9-19-8-2-3-16(15)19/h4-5,11,14-16,18H,2-3,6-10H2,1H3. The SMILES string of the molecule is COc1ccc2c(c1)C(NC1CCN3CCCC13)CCO2. The van der Waals surface area contributed by atoms with Gasteiger partial charge in [0.25, 0.3) is 0 Å². The number of hydrogen-bond donors (Lipinski definition) is 1. The van der Waals surface area contributed by atoms with Gasteiger partial charge in [0, 0.05) is 36.7 Å². The van der Waals surface area contributed by atoms with Crippen molar-refractivity contribution in [3.05, 3.63) is 23.8 Å². The first-order chi connectivity index (χ1) is 10.3. The Kier molecular flexibility index (Phi) is 3.51. The van der Waals surface area contributed by atoms with Crippen molar-refractivity contribution in [2.45, 2.75) is 43.8 Å². The molecule has 3 atom stereocenters. The van der Waals surface area contributed by atoms with Crippen LogP contribution in [0.1, 0.15) is 37.3 Å². The number of fused-ring (bicyclic) bond motifs is 2. The van der Waals surface area contributed by atoms with Gasteiger partial charge in [-0.3, -0.25) is 4.90 Å². The molecule has 114 valence electrons. The van der Waals surface area contributed by atoms with E-state index in [1.807, 2.05) is 12.1 Å². The molecule has 1 aromatic carbocycles. The summed E-state index contributed by atoms with van der Waals surface area (Å²) in [5.74, 6) is 1.93. The van der Waals surface area contributed by atoms with Crippen molar-refractivity contribution in [3.8, 4) is 11.5 Å². The summed E-state index contributed by atoms with van der Waals surface area (Å²) in [6.45, 7) is 3.36. The lowest BCUT2D eigenvalue weighted by atomic mass is 9.97. The van der Waals surface area contributed by atoms with Crippen molar-refractivity contribution in [2.75, 3.05) is 26.8 Å². The number of benzene rings is 1. The third-order valence-corrected chi connectivity index (χ3v) is 5.28. The minimum atomic E-state index is 0.398. The first-order valence-electron chi connectivity index (χ1n) is 8.16. The van der Waals surface area contributed by atoms with Crippen LogP contribution < -0.4 is 14.8 Å². The van der Waals surface area contributed by atoms with Crippen molar-refractivity contribution in [1.29, 1.82) is 0 Å². The molecule has 3 aliphatic rings. The number of nitrogens with zero attached hydrogens (tertiary/aromatic N) is 1. The van der Waals surface area contributed by atoms with Gasteiger partial charge in [-0.05, 0) is 44.0 Å². The highest BCUT2D eigenvalue weighted by molar-refractivity contribution is 5.43. The lowest BCUT2D eigenvalue weighted by Crippen LogP contribution is -2.42. The molecule has 0 aliphatic carbocycles. The molecule has 3 unspecified atom stereocenters. The van der Waals surface area contributed by atoms with Gasteiger partial charge >= 0.3 is 0 Å². The van der Waals surface area contributed by atoms with Gasteiger partial charge in [-0.15, -0.1) is 0 Å². The Labute approximate surface area is 126 Å². The van der Waals surface area contributed by atoms with Crippen molar-refractivity contribution in [2.24, 2.45) is 0 Å². The Bertz CT molecular complexity index is 520. The van der Waals surface area contributed by atoms with E-state index in [9.17, 15) is 0 Å². The molecule has 3 aliphatic heterocycles. The van der Waals surface area contributed by atoms with Gasteiger partial charge in [-0.25, -0.2) is 0 Å². The molecule has 1 N–H and O–H groups in total. The molecule has 2 saturated heterocycles. The number of ether oxygens (including phenoxy) is 2. The minimum Gasteiger partial charge on any atom is -0.497 e. The molecule has 4 heteroatoms. The van der Waals surface area contributed by atoms with E-state index in [0.29, 0.717) is 12.1 Å². The van der Waals surface area contributed by atoms with Crippen molar-refractivity contribution >= 4 is 0 Å². The number of hydrogen-bond acceptors (Lipinski definition) is 4. The van der Waals surface area contributed by atoms with Crippen molar-refractivity contribution in [1.82, 2.24) is 10.2 Å². The zero-order chi connectivity index (χ0) is 14.2. The summed E-state index contributed by atoms with van der Waals surface area (Å²) in [5, 5.41) is 3.92. The van der Waals surface area contributed by atoms with Crippen LogP contribution in [0.5, 0.6) is 11.5 Å². The van der Waals surface area contributed by atoms with Crippen LogP contribution in [0.3, 0.4) is 0 Å². The molecule has 0 spiro atoms. The van der Waals surface area contributed by atoms with Gasteiger partial charge in [-0.2, -0.15) is 0 Å². The molecule has 21 heavy (non-hydrogen) atoms. The average Bonchev–Trinajstić information content (AvgIpc) is 3.12. The second-order valence-electron chi connectivity index (χ2n) is 6.40. The fourth-order valence-electron chi connectivity index (χ4n) is 4.21. The maximum atomic E-state index is 5.80. The largest absolute Gasteiger partial charge is 0.497 e. The van der Waals surface area contributed by atoms with E-state index in [0.717, 1.165) is 30.6 Å². The second-order valence-corrected chi connectivity index (χ2v) is 6.40. The molecule has 1 aromatic rings. The highest BCUT2D eigenvalue weighted by Crippen LogP contribution is 2.37. The predicted octanol–water partition coefficient (Wildman–Crippen LogP) is 2.35. The van der Waals surface area contributed by atoms with E-state index in [2.05, 4.69) is 16.3 Å². The van der Waals surface area contributed by atoms with E-state index >= 15 is 0 Å². The maximum absolute atomic E-state index is 5.80. The van der Waals surface area contributed by atoms with Crippen LogP contribution in [-0.2, 0) is 0 Å². The Hall–Kier alpha value is -1.26. The summed E-state index contributed by atoms with van der Waals surface area (Å²) in [6, 6.07) is 7.94. The molecule has 4 rings (SSSR count). The van der Waals surface area contributed by atoms with Crippen LogP contribution in [0.15, 0.2) is 18.2 Å². The molecule has 0 aromatic heterocycles. The van der Waals surface area contributed by atoms with Crippen LogP contribution >= 0.6 is 0 Å². The Morgan fingerprint density at radius 2 is 2.19 bits per heavy atom. The molecular weight excluding hydrogens is 264 g/mol. The number of nitrogens with one attached hydrogen (secondary N) is 1. The normalized spacial score (nSPS) is 31.6. The number of rotatable bonds is 3. The van der Waals surface area contributed by atoms with Gasteiger partial charge in [0.15, 0.2) is 0 Å². The molecular formula is C17H24N2O2. The van der Waals surface area contributed by atoms with E-state index in [-0.39, 0.29) is 0 Å². The first kappa shape index (κ1) is 13.4. The quantitative estimate of drug-likeness (QED) is 0.925. The average molecular weight is 288 g/mol. The fraction of sp³-hybridized carbons (Fsp3) is 0.647. The van der Waals surface area contributed by atoms with Crippen LogP contribution in [0.4, 0.5) is 0 Å². The third kappa shape index (κ3) is 2.40. The molecule has 2 fully saturated rings. The first-order valence-corrected chi connectivity index (χ1v) is 8.16. The minimum absolute atomic E-state index is 0.398. The van der Waals surface area contributed by atoms with Gasteiger partial charge in [0.2, 0.25) is 0 Å². The molecule has 4 nitrogen and oxygen atoms in total. The van der Waals surface area contributed by atoms with Gasteiger partial charge in [0.05, 0.1) is 13.7 Å². The zero-order valence-electron chi connectivity index (χ0n) is 12.7. The lowest BCUT2D eigenvalue weighted by Gasteiger charge is -2.31. The summed E-state index contributed by atoms with van der Waals surface area (Å²) < 4.78 is 11.2.